The first-order valence-corrected chi connectivity index (χ1v) is 12.9. The van der Waals surface area contributed by atoms with Gasteiger partial charge in [0.25, 0.3) is 5.56 Å². The molecule has 6 nitrogen and oxygen atoms in total. The fraction of sp³-hybridized carbons (Fsp3) is 0.360. The van der Waals surface area contributed by atoms with E-state index in [9.17, 15) is 14.9 Å². The van der Waals surface area contributed by atoms with Gasteiger partial charge in [0.2, 0.25) is 5.91 Å². The molecule has 1 aliphatic carbocycles. The van der Waals surface area contributed by atoms with E-state index in [1.807, 2.05) is 35.7 Å². The number of thioether (sulfide) groups is 1. The molecule has 2 heterocycles. The molecule has 1 saturated carbocycles. The quantitative estimate of drug-likeness (QED) is 0.269. The number of rotatable bonds is 7. The van der Waals surface area contributed by atoms with Crippen LogP contribution in [0.1, 0.15) is 32.1 Å². The van der Waals surface area contributed by atoms with Gasteiger partial charge < -0.3 is 4.90 Å². The highest BCUT2D eigenvalue weighted by Gasteiger charge is 2.38. The maximum Gasteiger partial charge on any atom is 0.263 e. The second-order valence-corrected chi connectivity index (χ2v) is 10.0. The number of amides is 1. The zero-order valence-corrected chi connectivity index (χ0v) is 20.3. The van der Waals surface area contributed by atoms with E-state index in [1.165, 1.54) is 23.1 Å². The van der Waals surface area contributed by atoms with Gasteiger partial charge in [-0.15, -0.1) is 17.9 Å². The molecular weight excluding hydrogens is 452 g/mol. The molecule has 0 bridgehead atoms. The molecule has 0 atom stereocenters. The van der Waals surface area contributed by atoms with Crippen LogP contribution in [0, 0.1) is 11.3 Å². The van der Waals surface area contributed by atoms with Gasteiger partial charge in [-0.2, -0.15) is 5.26 Å². The number of fused-ring (bicyclic) bond motifs is 1. The van der Waals surface area contributed by atoms with E-state index in [2.05, 4.69) is 12.6 Å². The van der Waals surface area contributed by atoms with E-state index in [-0.39, 0.29) is 17.2 Å². The van der Waals surface area contributed by atoms with Crippen LogP contribution in [-0.2, 0) is 11.3 Å². The van der Waals surface area contributed by atoms with Crippen LogP contribution in [0.3, 0.4) is 0 Å². The minimum atomic E-state index is -0.730. The Balaban J connectivity index is 1.63. The number of nitrogens with zero attached hydrogens (tertiary/aromatic N) is 4. The van der Waals surface area contributed by atoms with Gasteiger partial charge in [-0.1, -0.05) is 67.4 Å². The molecule has 4 rings (SSSR count). The summed E-state index contributed by atoms with van der Waals surface area (Å²) in [5.41, 5.74) is 0.974. The molecule has 1 amide bonds. The second kappa shape index (κ2) is 9.94. The molecule has 0 spiro atoms. The SMILES string of the molecule is C=CCn1c(SCC(=O)N(C)C2(C#N)CCCCC2)nc2scc(-c3ccccc3)c2c1=O. The van der Waals surface area contributed by atoms with Crippen molar-refractivity contribution in [1.29, 1.82) is 5.26 Å². The van der Waals surface area contributed by atoms with E-state index < -0.39 is 5.54 Å². The van der Waals surface area contributed by atoms with Gasteiger partial charge in [-0.3, -0.25) is 14.2 Å². The van der Waals surface area contributed by atoms with Crippen molar-refractivity contribution in [3.8, 4) is 17.2 Å². The van der Waals surface area contributed by atoms with Crippen molar-refractivity contribution < 1.29 is 4.79 Å². The smallest absolute Gasteiger partial charge is 0.263 e. The Kier molecular flexibility index (Phi) is 7.01. The van der Waals surface area contributed by atoms with Crippen molar-refractivity contribution >= 4 is 39.2 Å². The van der Waals surface area contributed by atoms with E-state index in [0.717, 1.165) is 30.4 Å². The Bertz CT molecular complexity index is 1270. The van der Waals surface area contributed by atoms with Crippen LogP contribution >= 0.6 is 23.1 Å². The Morgan fingerprint density at radius 3 is 2.73 bits per heavy atom. The Labute approximate surface area is 201 Å². The summed E-state index contributed by atoms with van der Waals surface area (Å²) < 4.78 is 1.58. The summed E-state index contributed by atoms with van der Waals surface area (Å²) in [6, 6.07) is 12.2. The van der Waals surface area contributed by atoms with Gasteiger partial charge >= 0.3 is 0 Å². The van der Waals surface area contributed by atoms with Crippen LogP contribution in [-0.4, -0.2) is 38.7 Å². The monoisotopic (exact) mass is 478 g/mol. The number of carbonyl (C=O) groups excluding carboxylic acids is 1. The molecule has 1 aliphatic rings. The number of nitriles is 1. The van der Waals surface area contributed by atoms with Crippen LogP contribution in [0.25, 0.3) is 21.3 Å². The topological polar surface area (TPSA) is 79.0 Å². The first-order valence-electron chi connectivity index (χ1n) is 11.0. The largest absolute Gasteiger partial charge is 0.326 e. The molecule has 8 heteroatoms. The summed E-state index contributed by atoms with van der Waals surface area (Å²) in [6.45, 7) is 4.09. The van der Waals surface area contributed by atoms with Crippen molar-refractivity contribution in [2.45, 2.75) is 49.3 Å². The zero-order chi connectivity index (χ0) is 23.4. The van der Waals surface area contributed by atoms with Gasteiger partial charge in [0.15, 0.2) is 5.16 Å². The van der Waals surface area contributed by atoms with E-state index in [0.29, 0.717) is 34.8 Å². The van der Waals surface area contributed by atoms with Gasteiger partial charge in [0, 0.05) is 24.5 Å². The van der Waals surface area contributed by atoms with Gasteiger partial charge in [-0.25, -0.2) is 4.98 Å². The molecule has 0 aliphatic heterocycles. The molecule has 0 saturated heterocycles. The number of thiophene rings is 1. The lowest BCUT2D eigenvalue weighted by Crippen LogP contribution is -2.50. The molecule has 1 fully saturated rings. The molecule has 0 radical (unpaired) electrons. The standard InChI is InChI=1S/C25H26N4O2S2/c1-3-14-29-23(31)21-19(18-10-6-4-7-11-18)15-32-22(21)27-24(29)33-16-20(30)28(2)25(17-26)12-8-5-9-13-25/h3-4,6-7,10-11,15H,1,5,8-9,12-14,16H2,2H3. The maximum absolute atomic E-state index is 13.4. The Hall–Kier alpha value is -2.89. The van der Waals surface area contributed by atoms with Crippen LogP contribution in [0.2, 0.25) is 0 Å². The summed E-state index contributed by atoms with van der Waals surface area (Å²) in [5.74, 6) is -0.00883. The highest BCUT2D eigenvalue weighted by molar-refractivity contribution is 7.99. The van der Waals surface area contributed by atoms with Crippen LogP contribution in [0.5, 0.6) is 0 Å². The number of aromatic nitrogens is 2. The van der Waals surface area contributed by atoms with Crippen LogP contribution in [0.15, 0.2) is 58.3 Å². The lowest BCUT2D eigenvalue weighted by Gasteiger charge is -2.39. The molecule has 0 N–H and O–H groups in total. The summed E-state index contributed by atoms with van der Waals surface area (Å²) in [5, 5.41) is 12.8. The summed E-state index contributed by atoms with van der Waals surface area (Å²) in [6.07, 6.45) is 6.09. The maximum atomic E-state index is 13.4. The predicted octanol–water partition coefficient (Wildman–Crippen LogP) is 5.09. The van der Waals surface area contributed by atoms with E-state index in [1.54, 1.807) is 22.6 Å². The predicted molar refractivity (Wildman–Crippen MR) is 134 cm³/mol. The highest BCUT2D eigenvalue weighted by Crippen LogP contribution is 2.34. The first-order chi connectivity index (χ1) is 16.0. The lowest BCUT2D eigenvalue weighted by atomic mass is 9.81. The summed E-state index contributed by atoms with van der Waals surface area (Å²) >= 11 is 2.67. The molecule has 1 aromatic carbocycles. The molecule has 0 unspecified atom stereocenters. The molecule has 33 heavy (non-hydrogen) atoms. The fourth-order valence-electron chi connectivity index (χ4n) is 4.36. The number of allylic oxidation sites excluding steroid dienone is 1. The minimum absolute atomic E-state index is 0.117. The summed E-state index contributed by atoms with van der Waals surface area (Å²) in [4.78, 5) is 33.5. The van der Waals surface area contributed by atoms with Crippen molar-refractivity contribution in [1.82, 2.24) is 14.5 Å². The number of hydrogen-bond acceptors (Lipinski definition) is 6. The number of carbonyl (C=O) groups is 1. The van der Waals surface area contributed by atoms with Crippen molar-refractivity contribution in [3.63, 3.8) is 0 Å². The van der Waals surface area contributed by atoms with E-state index in [4.69, 9.17) is 4.98 Å². The van der Waals surface area contributed by atoms with Gasteiger partial charge in [0.1, 0.15) is 10.4 Å². The van der Waals surface area contributed by atoms with Crippen LogP contribution < -0.4 is 5.56 Å². The summed E-state index contributed by atoms with van der Waals surface area (Å²) in [7, 11) is 1.72. The second-order valence-electron chi connectivity index (χ2n) is 8.24. The van der Waals surface area contributed by atoms with Gasteiger partial charge in [-0.05, 0) is 18.4 Å². The average Bonchev–Trinajstić information content (AvgIpc) is 3.29. The molecule has 3 aromatic rings. The van der Waals surface area contributed by atoms with Gasteiger partial charge in [0.05, 0.1) is 17.2 Å². The number of hydrogen-bond donors (Lipinski definition) is 0. The molecule has 2 aromatic heterocycles. The Morgan fingerprint density at radius 1 is 1.33 bits per heavy atom. The Morgan fingerprint density at radius 2 is 2.06 bits per heavy atom. The third-order valence-corrected chi connectivity index (χ3v) is 8.12. The third-order valence-electron chi connectivity index (χ3n) is 6.28. The van der Waals surface area contributed by atoms with Crippen molar-refractivity contribution in [3.05, 3.63) is 58.7 Å². The fourth-order valence-corrected chi connectivity index (χ4v) is 6.27. The lowest BCUT2D eigenvalue weighted by molar-refractivity contribution is -0.131. The number of benzene rings is 1. The van der Waals surface area contributed by atoms with Crippen LogP contribution in [0.4, 0.5) is 0 Å². The zero-order valence-electron chi connectivity index (χ0n) is 18.6. The average molecular weight is 479 g/mol. The third kappa shape index (κ3) is 4.48. The van der Waals surface area contributed by atoms with E-state index >= 15 is 0 Å². The van der Waals surface area contributed by atoms with Crippen molar-refractivity contribution in [2.75, 3.05) is 12.8 Å². The van der Waals surface area contributed by atoms with Crippen molar-refractivity contribution in [2.24, 2.45) is 0 Å². The normalized spacial score (nSPS) is 15.2. The first kappa shape index (κ1) is 23.3. The molecule has 170 valence electrons. The molecular formula is C25H26N4O2S2. The highest BCUT2D eigenvalue weighted by atomic mass is 32.2. The minimum Gasteiger partial charge on any atom is -0.326 e.